The van der Waals surface area contributed by atoms with Crippen LogP contribution in [-0.2, 0) is 19.6 Å². The number of benzene rings is 2. The number of hydrogen-bond acceptors (Lipinski definition) is 6. The predicted molar refractivity (Wildman–Crippen MR) is 128 cm³/mol. The van der Waals surface area contributed by atoms with Gasteiger partial charge in [-0.3, -0.25) is 9.59 Å². The van der Waals surface area contributed by atoms with Gasteiger partial charge in [0.2, 0.25) is 10.0 Å². The summed E-state index contributed by atoms with van der Waals surface area (Å²) in [5.41, 5.74) is 1.13. The van der Waals surface area contributed by atoms with Crippen molar-refractivity contribution in [2.45, 2.75) is 45.1 Å². The van der Waals surface area contributed by atoms with E-state index in [9.17, 15) is 22.8 Å². The SMILES string of the molecule is CC(=O)c1ccc(NC(=O)C(C)OC(=O)c2ccc(S(=O)(=O)N3CC(C)CC(C)C3)cc2)cc1. The van der Waals surface area contributed by atoms with Gasteiger partial charge in [0.05, 0.1) is 10.5 Å². The Morgan fingerprint density at radius 1 is 0.941 bits per heavy atom. The zero-order valence-corrected chi connectivity index (χ0v) is 20.6. The molecule has 1 amide bonds. The lowest BCUT2D eigenvalue weighted by Gasteiger charge is -2.34. The van der Waals surface area contributed by atoms with Gasteiger partial charge in [0.25, 0.3) is 5.91 Å². The molecule has 9 heteroatoms. The molecule has 3 rings (SSSR count). The van der Waals surface area contributed by atoms with Gasteiger partial charge in [0.15, 0.2) is 11.9 Å². The number of ether oxygens (including phenoxy) is 1. The quantitative estimate of drug-likeness (QED) is 0.472. The van der Waals surface area contributed by atoms with Crippen molar-refractivity contribution in [3.8, 4) is 0 Å². The average molecular weight is 487 g/mol. The molecule has 3 atom stereocenters. The van der Waals surface area contributed by atoms with E-state index in [1.165, 1.54) is 42.4 Å². The molecule has 0 aromatic heterocycles. The number of nitrogens with zero attached hydrogens (tertiary/aromatic N) is 1. The van der Waals surface area contributed by atoms with Crippen LogP contribution >= 0.6 is 0 Å². The van der Waals surface area contributed by atoms with Crippen molar-refractivity contribution >= 4 is 33.4 Å². The van der Waals surface area contributed by atoms with Crippen LogP contribution in [0, 0.1) is 11.8 Å². The van der Waals surface area contributed by atoms with Crippen LogP contribution in [0.4, 0.5) is 5.69 Å². The van der Waals surface area contributed by atoms with E-state index >= 15 is 0 Å². The highest BCUT2D eigenvalue weighted by atomic mass is 32.2. The number of Topliss-reactive ketones (excluding diaryl/α,β-unsaturated/α-hetero) is 1. The molecule has 182 valence electrons. The number of sulfonamides is 1. The fourth-order valence-corrected chi connectivity index (χ4v) is 5.71. The van der Waals surface area contributed by atoms with Gasteiger partial charge in [-0.15, -0.1) is 0 Å². The lowest BCUT2D eigenvalue weighted by atomic mass is 9.94. The van der Waals surface area contributed by atoms with Crippen molar-refractivity contribution in [1.82, 2.24) is 4.31 Å². The van der Waals surface area contributed by atoms with E-state index in [4.69, 9.17) is 4.74 Å². The third-order valence-electron chi connectivity index (χ3n) is 5.78. The number of amides is 1. The topological polar surface area (TPSA) is 110 Å². The van der Waals surface area contributed by atoms with E-state index in [-0.39, 0.29) is 28.1 Å². The van der Waals surface area contributed by atoms with Crippen LogP contribution in [0.1, 0.15) is 54.8 Å². The van der Waals surface area contributed by atoms with Crippen LogP contribution in [-0.4, -0.2) is 49.6 Å². The summed E-state index contributed by atoms with van der Waals surface area (Å²) in [6.07, 6.45) is -0.0912. The second-order valence-electron chi connectivity index (χ2n) is 8.96. The maximum atomic E-state index is 13.0. The first-order chi connectivity index (χ1) is 16.0. The van der Waals surface area contributed by atoms with E-state index in [1.54, 1.807) is 24.3 Å². The highest BCUT2D eigenvalue weighted by Gasteiger charge is 2.31. The van der Waals surface area contributed by atoms with Crippen molar-refractivity contribution in [2.24, 2.45) is 11.8 Å². The fraction of sp³-hybridized carbons (Fsp3) is 0.400. The maximum absolute atomic E-state index is 13.0. The van der Waals surface area contributed by atoms with E-state index in [1.807, 2.05) is 13.8 Å². The van der Waals surface area contributed by atoms with Gasteiger partial charge in [-0.25, -0.2) is 13.2 Å². The van der Waals surface area contributed by atoms with Gasteiger partial charge in [0.1, 0.15) is 0 Å². The number of esters is 1. The van der Waals surface area contributed by atoms with Crippen molar-refractivity contribution in [3.63, 3.8) is 0 Å². The van der Waals surface area contributed by atoms with Gasteiger partial charge < -0.3 is 10.1 Å². The minimum Gasteiger partial charge on any atom is -0.449 e. The molecule has 0 spiro atoms. The first-order valence-electron chi connectivity index (χ1n) is 11.2. The first kappa shape index (κ1) is 25.6. The van der Waals surface area contributed by atoms with Crippen molar-refractivity contribution in [3.05, 3.63) is 59.7 Å². The number of piperidine rings is 1. The van der Waals surface area contributed by atoms with Crippen LogP contribution in [0.2, 0.25) is 0 Å². The minimum absolute atomic E-state index is 0.0842. The van der Waals surface area contributed by atoms with E-state index < -0.39 is 28.0 Å². The molecule has 2 aromatic carbocycles. The number of rotatable bonds is 7. The van der Waals surface area contributed by atoms with Crippen LogP contribution in [0.5, 0.6) is 0 Å². The van der Waals surface area contributed by atoms with Crippen LogP contribution in [0.3, 0.4) is 0 Å². The largest absolute Gasteiger partial charge is 0.449 e. The summed E-state index contributed by atoms with van der Waals surface area (Å²) in [6.45, 7) is 7.91. The van der Waals surface area contributed by atoms with Crippen LogP contribution in [0.25, 0.3) is 0 Å². The molecule has 0 radical (unpaired) electrons. The van der Waals surface area contributed by atoms with Crippen molar-refractivity contribution in [2.75, 3.05) is 18.4 Å². The van der Waals surface area contributed by atoms with Gasteiger partial charge in [0, 0.05) is 24.3 Å². The molecule has 1 aliphatic rings. The number of carbonyl (C=O) groups is 3. The van der Waals surface area contributed by atoms with E-state index in [0.29, 0.717) is 24.3 Å². The highest BCUT2D eigenvalue weighted by molar-refractivity contribution is 7.89. The molecule has 0 aliphatic carbocycles. The fourth-order valence-electron chi connectivity index (χ4n) is 4.03. The number of carbonyl (C=O) groups excluding carboxylic acids is 3. The summed E-state index contributed by atoms with van der Waals surface area (Å²) in [6, 6.07) is 11.9. The summed E-state index contributed by atoms with van der Waals surface area (Å²) < 4.78 is 32.7. The molecule has 1 aliphatic heterocycles. The Morgan fingerprint density at radius 3 is 2.00 bits per heavy atom. The molecule has 2 aromatic rings. The Kier molecular flexibility index (Phi) is 7.89. The minimum atomic E-state index is -3.65. The molecule has 0 bridgehead atoms. The molecule has 1 fully saturated rings. The van der Waals surface area contributed by atoms with E-state index in [2.05, 4.69) is 5.32 Å². The van der Waals surface area contributed by atoms with Gasteiger partial charge in [-0.1, -0.05) is 13.8 Å². The average Bonchev–Trinajstić information content (AvgIpc) is 2.78. The van der Waals surface area contributed by atoms with Crippen LogP contribution in [0.15, 0.2) is 53.4 Å². The summed E-state index contributed by atoms with van der Waals surface area (Å²) >= 11 is 0. The second kappa shape index (κ2) is 10.5. The molecule has 1 N–H and O–H groups in total. The van der Waals surface area contributed by atoms with Crippen molar-refractivity contribution < 1.29 is 27.5 Å². The third-order valence-corrected chi connectivity index (χ3v) is 7.62. The lowest BCUT2D eigenvalue weighted by Crippen LogP contribution is -2.42. The van der Waals surface area contributed by atoms with Crippen LogP contribution < -0.4 is 5.32 Å². The monoisotopic (exact) mass is 486 g/mol. The number of hydrogen-bond donors (Lipinski definition) is 1. The van der Waals surface area contributed by atoms with Gasteiger partial charge in [-0.05, 0) is 80.6 Å². The predicted octanol–water partition coefficient (Wildman–Crippen LogP) is 3.74. The molecule has 34 heavy (non-hydrogen) atoms. The Labute approximate surface area is 200 Å². The maximum Gasteiger partial charge on any atom is 0.338 e. The molecular weight excluding hydrogens is 456 g/mol. The number of ketones is 1. The van der Waals surface area contributed by atoms with Crippen molar-refractivity contribution in [1.29, 1.82) is 0 Å². The smallest absolute Gasteiger partial charge is 0.338 e. The molecule has 8 nitrogen and oxygen atoms in total. The van der Waals surface area contributed by atoms with Gasteiger partial charge in [-0.2, -0.15) is 4.31 Å². The summed E-state index contributed by atoms with van der Waals surface area (Å²) in [7, 11) is -3.65. The normalized spacial score (nSPS) is 19.8. The molecule has 1 saturated heterocycles. The lowest BCUT2D eigenvalue weighted by molar-refractivity contribution is -0.123. The standard InChI is InChI=1S/C25H30N2O6S/c1-16-13-17(2)15-27(14-16)34(31,32)23-11-7-21(8-12-23)25(30)33-19(4)24(29)26-22-9-5-20(6-10-22)18(3)28/h5-12,16-17,19H,13-15H2,1-4H3,(H,26,29). The molecule has 0 saturated carbocycles. The van der Waals surface area contributed by atoms with Gasteiger partial charge >= 0.3 is 5.97 Å². The Bertz CT molecular complexity index is 1150. The molecule has 1 heterocycles. The second-order valence-corrected chi connectivity index (χ2v) is 10.9. The Morgan fingerprint density at radius 2 is 1.47 bits per heavy atom. The number of nitrogens with one attached hydrogen (secondary N) is 1. The first-order valence-corrected chi connectivity index (χ1v) is 12.6. The Balaban J connectivity index is 1.61. The molecule has 3 unspecified atom stereocenters. The molecular formula is C25H30N2O6S. The third kappa shape index (κ3) is 6.09. The highest BCUT2D eigenvalue weighted by Crippen LogP contribution is 2.27. The summed E-state index contributed by atoms with van der Waals surface area (Å²) in [5, 5.41) is 2.62. The zero-order valence-electron chi connectivity index (χ0n) is 19.8. The number of anilines is 1. The summed E-state index contributed by atoms with van der Waals surface area (Å²) in [4.78, 5) is 36.3. The Hall–Kier alpha value is -3.04. The van der Waals surface area contributed by atoms with E-state index in [0.717, 1.165) is 6.42 Å². The zero-order chi connectivity index (χ0) is 25.0. The summed E-state index contributed by atoms with van der Waals surface area (Å²) in [5.74, 6) is -0.783.